The molecular weight excluding hydrogens is 374 g/mol. The van der Waals surface area contributed by atoms with E-state index in [1.165, 1.54) is 11.3 Å². The maximum absolute atomic E-state index is 12.9. The van der Waals surface area contributed by atoms with Gasteiger partial charge in [0, 0.05) is 24.9 Å². The van der Waals surface area contributed by atoms with Crippen LogP contribution in [0.2, 0.25) is 0 Å². The number of thiophene rings is 1. The van der Waals surface area contributed by atoms with E-state index in [9.17, 15) is 13.2 Å². The second-order valence-corrected chi connectivity index (χ2v) is 10.3. The molecule has 0 radical (unpaired) electrons. The Morgan fingerprint density at radius 3 is 2.67 bits per heavy atom. The summed E-state index contributed by atoms with van der Waals surface area (Å²) < 4.78 is 28.6. The number of nitrogens with zero attached hydrogens (tertiary/aromatic N) is 1. The molecule has 2 atom stereocenters. The van der Waals surface area contributed by atoms with Crippen LogP contribution in [0.4, 0.5) is 0 Å². The van der Waals surface area contributed by atoms with Crippen molar-refractivity contribution >= 4 is 43.1 Å². The summed E-state index contributed by atoms with van der Waals surface area (Å²) >= 11 is 4.65. The normalized spacial score (nSPS) is 27.6. The van der Waals surface area contributed by atoms with Gasteiger partial charge in [-0.15, -0.1) is 11.3 Å². The summed E-state index contributed by atoms with van der Waals surface area (Å²) in [4.78, 5) is 12.0. The number of rotatable bonds is 3. The second-order valence-electron chi connectivity index (χ2n) is 5.81. The van der Waals surface area contributed by atoms with Crippen molar-refractivity contribution in [2.24, 2.45) is 5.92 Å². The molecule has 3 rings (SSSR count). The van der Waals surface area contributed by atoms with Crippen molar-refractivity contribution in [1.82, 2.24) is 4.31 Å². The Bertz CT molecular complexity index is 648. The molecule has 0 N–H and O–H groups in total. The Labute approximate surface area is 137 Å². The number of ketones is 1. The number of aryl methyl sites for hydroxylation is 1. The van der Waals surface area contributed by atoms with Crippen molar-refractivity contribution in [3.63, 3.8) is 0 Å². The zero-order valence-electron chi connectivity index (χ0n) is 11.8. The van der Waals surface area contributed by atoms with E-state index in [0.29, 0.717) is 17.2 Å². The maximum Gasteiger partial charge on any atom is 0.252 e. The predicted octanol–water partition coefficient (Wildman–Crippen LogP) is 3.34. The van der Waals surface area contributed by atoms with Crippen molar-refractivity contribution in [3.8, 4) is 0 Å². The van der Waals surface area contributed by atoms with Crippen molar-refractivity contribution in [2.75, 3.05) is 6.54 Å². The summed E-state index contributed by atoms with van der Waals surface area (Å²) in [7, 11) is -3.48. The summed E-state index contributed by atoms with van der Waals surface area (Å²) in [5.41, 5.74) is 0.936. The number of halogens is 1. The standard InChI is InChI=1S/C14H18BrNO3S2/c1-9-8-13(20-14(9)15)21(18,19)16-7-3-5-11(16)10-4-2-6-12(10)17/h8,10-11H,2-7H2,1H3. The zero-order chi connectivity index (χ0) is 15.2. The van der Waals surface area contributed by atoms with E-state index < -0.39 is 10.0 Å². The molecule has 1 aliphatic heterocycles. The van der Waals surface area contributed by atoms with E-state index in [2.05, 4.69) is 15.9 Å². The third kappa shape index (κ3) is 2.73. The monoisotopic (exact) mass is 391 g/mol. The summed E-state index contributed by atoms with van der Waals surface area (Å²) in [5, 5.41) is 0. The first-order valence-electron chi connectivity index (χ1n) is 7.22. The SMILES string of the molecule is Cc1cc(S(=O)(=O)N2CCCC2C2CCCC2=O)sc1Br. The number of hydrogen-bond donors (Lipinski definition) is 0. The molecule has 0 amide bonds. The number of hydrogen-bond acceptors (Lipinski definition) is 4. The van der Waals surface area contributed by atoms with E-state index in [1.807, 2.05) is 6.92 Å². The minimum atomic E-state index is -3.48. The van der Waals surface area contributed by atoms with E-state index >= 15 is 0 Å². The van der Waals surface area contributed by atoms with Crippen LogP contribution in [0.1, 0.15) is 37.7 Å². The van der Waals surface area contributed by atoms with Crippen LogP contribution >= 0.6 is 27.3 Å². The summed E-state index contributed by atoms with van der Waals surface area (Å²) in [6.45, 7) is 2.42. The van der Waals surface area contributed by atoms with Crippen LogP contribution < -0.4 is 0 Å². The first-order valence-corrected chi connectivity index (χ1v) is 10.3. The van der Waals surface area contributed by atoms with Crippen molar-refractivity contribution in [2.45, 2.75) is 49.3 Å². The minimum absolute atomic E-state index is 0.0909. The Morgan fingerprint density at radius 1 is 1.33 bits per heavy atom. The topological polar surface area (TPSA) is 54.5 Å². The van der Waals surface area contributed by atoms with Gasteiger partial charge in [-0.05, 0) is 60.2 Å². The lowest BCUT2D eigenvalue weighted by atomic mass is 9.96. The van der Waals surface area contributed by atoms with Crippen molar-refractivity contribution in [1.29, 1.82) is 0 Å². The van der Waals surface area contributed by atoms with Gasteiger partial charge in [0.05, 0.1) is 3.79 Å². The molecule has 1 aliphatic carbocycles. The van der Waals surface area contributed by atoms with Crippen molar-refractivity contribution < 1.29 is 13.2 Å². The Morgan fingerprint density at radius 2 is 2.10 bits per heavy atom. The van der Waals surface area contributed by atoms with Gasteiger partial charge < -0.3 is 0 Å². The van der Waals surface area contributed by atoms with Gasteiger partial charge in [0.15, 0.2) is 0 Å². The molecule has 0 bridgehead atoms. The molecule has 2 unspecified atom stereocenters. The fraction of sp³-hybridized carbons (Fsp3) is 0.643. The largest absolute Gasteiger partial charge is 0.299 e. The highest BCUT2D eigenvalue weighted by Crippen LogP contribution is 2.39. The molecule has 4 nitrogen and oxygen atoms in total. The van der Waals surface area contributed by atoms with E-state index in [-0.39, 0.29) is 17.7 Å². The van der Waals surface area contributed by atoms with Crippen LogP contribution in [-0.4, -0.2) is 31.1 Å². The van der Waals surface area contributed by atoms with Gasteiger partial charge in [-0.2, -0.15) is 4.31 Å². The third-order valence-corrected chi connectivity index (χ3v) is 8.97. The van der Waals surface area contributed by atoms with E-state index in [4.69, 9.17) is 0 Å². The molecule has 1 saturated heterocycles. The number of Topliss-reactive ketones (excluding diaryl/α,β-unsaturated/α-hetero) is 1. The third-order valence-electron chi connectivity index (χ3n) is 4.46. The molecule has 0 aromatic carbocycles. The molecule has 0 spiro atoms. The second kappa shape index (κ2) is 5.76. The average molecular weight is 392 g/mol. The number of carbonyl (C=O) groups is 1. The summed E-state index contributed by atoms with van der Waals surface area (Å²) in [6, 6.07) is 1.59. The molecule has 2 aliphatic rings. The van der Waals surface area contributed by atoms with Crippen LogP contribution in [0.15, 0.2) is 14.1 Å². The van der Waals surface area contributed by atoms with Crippen LogP contribution in [0.5, 0.6) is 0 Å². The van der Waals surface area contributed by atoms with Gasteiger partial charge in [0.1, 0.15) is 9.99 Å². The van der Waals surface area contributed by atoms with Crippen molar-refractivity contribution in [3.05, 3.63) is 15.4 Å². The molecule has 1 saturated carbocycles. The highest BCUT2D eigenvalue weighted by atomic mass is 79.9. The molecular formula is C14H18BrNO3S2. The van der Waals surface area contributed by atoms with E-state index in [0.717, 1.165) is 35.0 Å². The fourth-order valence-corrected chi connectivity index (χ4v) is 7.48. The molecule has 21 heavy (non-hydrogen) atoms. The first-order chi connectivity index (χ1) is 9.91. The molecule has 1 aromatic rings. The molecule has 2 fully saturated rings. The average Bonchev–Trinajstić information content (AvgIpc) is 3.11. The molecule has 7 heteroatoms. The lowest BCUT2D eigenvalue weighted by Gasteiger charge is -2.27. The Kier molecular flexibility index (Phi) is 4.29. The van der Waals surface area contributed by atoms with Gasteiger partial charge in [-0.3, -0.25) is 4.79 Å². The molecule has 116 valence electrons. The maximum atomic E-state index is 12.9. The van der Waals surface area contributed by atoms with Gasteiger partial charge in [-0.25, -0.2) is 8.42 Å². The van der Waals surface area contributed by atoms with Gasteiger partial charge >= 0.3 is 0 Å². The van der Waals surface area contributed by atoms with E-state index in [1.54, 1.807) is 10.4 Å². The Balaban J connectivity index is 1.92. The first kappa shape index (κ1) is 15.6. The lowest BCUT2D eigenvalue weighted by molar-refractivity contribution is -0.121. The quantitative estimate of drug-likeness (QED) is 0.793. The fourth-order valence-electron chi connectivity index (χ4n) is 3.39. The zero-order valence-corrected chi connectivity index (χ0v) is 15.1. The summed E-state index contributed by atoms with van der Waals surface area (Å²) in [6.07, 6.45) is 4.00. The van der Waals surface area contributed by atoms with Gasteiger partial charge in [-0.1, -0.05) is 0 Å². The highest BCUT2D eigenvalue weighted by Gasteiger charge is 2.43. The Hall–Kier alpha value is -0.240. The van der Waals surface area contributed by atoms with Gasteiger partial charge in [0.25, 0.3) is 10.0 Å². The van der Waals surface area contributed by atoms with Crippen LogP contribution in [-0.2, 0) is 14.8 Å². The van der Waals surface area contributed by atoms with Gasteiger partial charge in [0.2, 0.25) is 0 Å². The number of carbonyl (C=O) groups excluding carboxylic acids is 1. The van der Waals surface area contributed by atoms with Crippen LogP contribution in [0, 0.1) is 12.8 Å². The highest BCUT2D eigenvalue weighted by molar-refractivity contribution is 9.11. The van der Waals surface area contributed by atoms with Crippen LogP contribution in [0.3, 0.4) is 0 Å². The minimum Gasteiger partial charge on any atom is -0.299 e. The molecule has 1 aromatic heterocycles. The summed E-state index contributed by atoms with van der Waals surface area (Å²) in [5.74, 6) is 0.150. The predicted molar refractivity (Wildman–Crippen MR) is 86.0 cm³/mol. The lowest BCUT2D eigenvalue weighted by Crippen LogP contribution is -2.41. The smallest absolute Gasteiger partial charge is 0.252 e. The number of sulfonamides is 1. The van der Waals surface area contributed by atoms with Crippen LogP contribution in [0.25, 0.3) is 0 Å². The molecule has 2 heterocycles.